The number of para-hydroxylation sites is 1. The van der Waals surface area contributed by atoms with Crippen molar-refractivity contribution in [3.8, 4) is 0 Å². The smallest absolute Gasteiger partial charge is 0.340 e. The van der Waals surface area contributed by atoms with Gasteiger partial charge < -0.3 is 15.0 Å². The summed E-state index contributed by atoms with van der Waals surface area (Å²) in [5.41, 5.74) is 1.89. The van der Waals surface area contributed by atoms with Crippen molar-refractivity contribution >= 4 is 44.4 Å². The molecule has 0 aliphatic carbocycles. The molecule has 1 heterocycles. The number of H-pyrrole nitrogens is 1. The molecule has 0 unspecified atom stereocenters. The third kappa shape index (κ3) is 3.60. The van der Waals surface area contributed by atoms with Gasteiger partial charge in [0.1, 0.15) is 0 Å². The second kappa shape index (κ2) is 6.66. The van der Waals surface area contributed by atoms with Crippen LogP contribution in [0.1, 0.15) is 10.4 Å². The van der Waals surface area contributed by atoms with Gasteiger partial charge >= 0.3 is 5.97 Å². The molecule has 5 nitrogen and oxygen atoms in total. The van der Waals surface area contributed by atoms with Crippen LogP contribution in [0.5, 0.6) is 0 Å². The van der Waals surface area contributed by atoms with E-state index in [2.05, 4.69) is 26.2 Å². The van der Waals surface area contributed by atoms with Crippen molar-refractivity contribution in [1.29, 1.82) is 0 Å². The van der Waals surface area contributed by atoms with E-state index in [1.807, 2.05) is 30.3 Å². The molecule has 0 radical (unpaired) electrons. The van der Waals surface area contributed by atoms with Gasteiger partial charge in [-0.2, -0.15) is 0 Å². The zero-order chi connectivity index (χ0) is 16.2. The number of hydrogen-bond acceptors (Lipinski definition) is 3. The number of aromatic amines is 1. The summed E-state index contributed by atoms with van der Waals surface area (Å²) in [4.78, 5) is 26.9. The van der Waals surface area contributed by atoms with Crippen LogP contribution in [0.3, 0.4) is 0 Å². The number of hydrogen-bond donors (Lipinski definition) is 2. The van der Waals surface area contributed by atoms with Crippen LogP contribution < -0.4 is 5.32 Å². The lowest BCUT2D eigenvalue weighted by molar-refractivity contribution is -0.119. The monoisotopic (exact) mass is 372 g/mol. The lowest BCUT2D eigenvalue weighted by Gasteiger charge is -2.06. The minimum atomic E-state index is -0.535. The summed E-state index contributed by atoms with van der Waals surface area (Å²) in [5, 5.41) is 3.44. The molecule has 0 aliphatic rings. The fourth-order valence-corrected chi connectivity index (χ4v) is 2.61. The van der Waals surface area contributed by atoms with Crippen molar-refractivity contribution in [3.63, 3.8) is 0 Å². The van der Waals surface area contributed by atoms with Gasteiger partial charge in [0.2, 0.25) is 0 Å². The van der Waals surface area contributed by atoms with Gasteiger partial charge in [0.15, 0.2) is 6.61 Å². The molecule has 6 heteroatoms. The standard InChI is InChI=1S/C17H13BrN2O3/c18-11-4-3-5-12(8-11)20-16(21)10-23-17(22)14-9-19-15-7-2-1-6-13(14)15/h1-9,19H,10H2,(H,20,21). The molecule has 23 heavy (non-hydrogen) atoms. The van der Waals surface area contributed by atoms with E-state index in [1.54, 1.807) is 24.4 Å². The number of nitrogens with one attached hydrogen (secondary N) is 2. The molecule has 0 saturated carbocycles. The second-order valence-electron chi connectivity index (χ2n) is 4.88. The molecule has 3 aromatic rings. The van der Waals surface area contributed by atoms with Gasteiger partial charge in [0.25, 0.3) is 5.91 Å². The van der Waals surface area contributed by atoms with Crippen LogP contribution in [-0.4, -0.2) is 23.5 Å². The maximum Gasteiger partial charge on any atom is 0.340 e. The minimum absolute atomic E-state index is 0.342. The number of fused-ring (bicyclic) bond motifs is 1. The Hall–Kier alpha value is -2.60. The van der Waals surface area contributed by atoms with Gasteiger partial charge in [-0.05, 0) is 24.3 Å². The lowest BCUT2D eigenvalue weighted by atomic mass is 10.2. The van der Waals surface area contributed by atoms with E-state index in [9.17, 15) is 9.59 Å². The zero-order valence-electron chi connectivity index (χ0n) is 12.0. The fraction of sp³-hybridized carbons (Fsp3) is 0.0588. The quantitative estimate of drug-likeness (QED) is 0.685. The Morgan fingerprint density at radius 1 is 1.13 bits per heavy atom. The fourth-order valence-electron chi connectivity index (χ4n) is 2.21. The Morgan fingerprint density at radius 2 is 1.96 bits per heavy atom. The average molecular weight is 373 g/mol. The molecule has 0 spiro atoms. The predicted octanol–water partition coefficient (Wildman–Crippen LogP) is 3.73. The van der Waals surface area contributed by atoms with E-state index in [0.717, 1.165) is 15.4 Å². The zero-order valence-corrected chi connectivity index (χ0v) is 13.6. The first kappa shape index (κ1) is 15.3. The van der Waals surface area contributed by atoms with E-state index in [4.69, 9.17) is 4.74 Å². The SMILES string of the molecule is O=C(COC(=O)c1c[nH]c2ccccc12)Nc1cccc(Br)c1. The van der Waals surface area contributed by atoms with E-state index in [0.29, 0.717) is 11.3 Å². The number of benzene rings is 2. The van der Waals surface area contributed by atoms with Crippen molar-refractivity contribution in [3.05, 3.63) is 64.8 Å². The summed E-state index contributed by atoms with van der Waals surface area (Å²) in [6.45, 7) is -0.342. The number of ether oxygens (including phenoxy) is 1. The summed E-state index contributed by atoms with van der Waals surface area (Å²) in [5.74, 6) is -0.928. The molecule has 0 fully saturated rings. The average Bonchev–Trinajstić information content (AvgIpc) is 2.97. The van der Waals surface area contributed by atoms with Crippen LogP contribution in [0.25, 0.3) is 10.9 Å². The molecule has 0 saturated heterocycles. The highest BCUT2D eigenvalue weighted by Gasteiger charge is 2.14. The van der Waals surface area contributed by atoms with E-state index >= 15 is 0 Å². The Morgan fingerprint density at radius 3 is 2.78 bits per heavy atom. The van der Waals surface area contributed by atoms with Crippen molar-refractivity contribution in [1.82, 2.24) is 4.98 Å². The normalized spacial score (nSPS) is 10.5. The Labute approximate surface area is 140 Å². The van der Waals surface area contributed by atoms with Crippen molar-refractivity contribution in [2.24, 2.45) is 0 Å². The minimum Gasteiger partial charge on any atom is -0.452 e. The Kier molecular flexibility index (Phi) is 4.43. The maximum absolute atomic E-state index is 12.1. The molecular weight excluding hydrogens is 360 g/mol. The molecular formula is C17H13BrN2O3. The highest BCUT2D eigenvalue weighted by molar-refractivity contribution is 9.10. The summed E-state index contributed by atoms with van der Waals surface area (Å²) in [6, 6.07) is 14.6. The molecule has 1 aromatic heterocycles. The van der Waals surface area contributed by atoms with Gasteiger partial charge in [-0.1, -0.05) is 40.2 Å². The largest absolute Gasteiger partial charge is 0.452 e. The van der Waals surface area contributed by atoms with Crippen LogP contribution in [0.15, 0.2) is 59.2 Å². The topological polar surface area (TPSA) is 71.2 Å². The molecule has 2 aromatic carbocycles. The number of amides is 1. The number of halogens is 1. The van der Waals surface area contributed by atoms with E-state index < -0.39 is 11.9 Å². The second-order valence-corrected chi connectivity index (χ2v) is 5.80. The Balaban J connectivity index is 1.61. The maximum atomic E-state index is 12.1. The highest BCUT2D eigenvalue weighted by Crippen LogP contribution is 2.18. The number of esters is 1. The van der Waals surface area contributed by atoms with Gasteiger partial charge in [0, 0.05) is 27.3 Å². The van der Waals surface area contributed by atoms with Gasteiger partial charge in [-0.25, -0.2) is 4.79 Å². The summed E-state index contributed by atoms with van der Waals surface area (Å²) in [6.07, 6.45) is 1.58. The summed E-state index contributed by atoms with van der Waals surface area (Å²) < 4.78 is 5.93. The number of carbonyl (C=O) groups is 2. The van der Waals surface area contributed by atoms with Crippen LogP contribution in [0.4, 0.5) is 5.69 Å². The van der Waals surface area contributed by atoms with Crippen molar-refractivity contribution in [2.75, 3.05) is 11.9 Å². The number of carbonyl (C=O) groups excluding carboxylic acids is 2. The Bertz CT molecular complexity index is 873. The molecule has 0 atom stereocenters. The van der Waals surface area contributed by atoms with Crippen LogP contribution in [0, 0.1) is 0 Å². The van der Waals surface area contributed by atoms with Crippen molar-refractivity contribution < 1.29 is 14.3 Å². The number of anilines is 1. The van der Waals surface area contributed by atoms with Crippen LogP contribution in [-0.2, 0) is 9.53 Å². The highest BCUT2D eigenvalue weighted by atomic mass is 79.9. The van der Waals surface area contributed by atoms with Crippen molar-refractivity contribution in [2.45, 2.75) is 0 Å². The summed E-state index contributed by atoms with van der Waals surface area (Å²) in [7, 11) is 0. The van der Waals surface area contributed by atoms with E-state index in [1.165, 1.54) is 0 Å². The lowest BCUT2D eigenvalue weighted by Crippen LogP contribution is -2.20. The predicted molar refractivity (Wildman–Crippen MR) is 91.4 cm³/mol. The third-order valence-corrected chi connectivity index (χ3v) is 3.75. The molecule has 1 amide bonds. The number of aromatic nitrogens is 1. The molecule has 2 N–H and O–H groups in total. The molecule has 3 rings (SSSR count). The first-order chi connectivity index (χ1) is 11.1. The van der Waals surface area contributed by atoms with Crippen LogP contribution in [0.2, 0.25) is 0 Å². The number of rotatable bonds is 4. The third-order valence-electron chi connectivity index (χ3n) is 3.25. The van der Waals surface area contributed by atoms with Gasteiger partial charge in [-0.15, -0.1) is 0 Å². The first-order valence-electron chi connectivity index (χ1n) is 6.92. The van der Waals surface area contributed by atoms with E-state index in [-0.39, 0.29) is 6.61 Å². The summed E-state index contributed by atoms with van der Waals surface area (Å²) >= 11 is 3.32. The van der Waals surface area contributed by atoms with Gasteiger partial charge in [0.05, 0.1) is 5.56 Å². The molecule has 0 aliphatic heterocycles. The molecule has 0 bridgehead atoms. The van der Waals surface area contributed by atoms with Crippen LogP contribution >= 0.6 is 15.9 Å². The molecule has 116 valence electrons. The first-order valence-corrected chi connectivity index (χ1v) is 7.71. The van der Waals surface area contributed by atoms with Gasteiger partial charge in [-0.3, -0.25) is 4.79 Å².